The Morgan fingerprint density at radius 3 is 2.00 bits per heavy atom. The van der Waals surface area contributed by atoms with E-state index < -0.39 is 20.0 Å². The van der Waals surface area contributed by atoms with E-state index in [1.807, 2.05) is 0 Å². The van der Waals surface area contributed by atoms with Gasteiger partial charge < -0.3 is 4.90 Å². The molecule has 1 aromatic carbocycles. The minimum absolute atomic E-state index is 0.109. The number of nitrogens with zero attached hydrogens (tertiary/aromatic N) is 2. The number of benzene rings is 1. The van der Waals surface area contributed by atoms with Crippen LogP contribution >= 0.6 is 0 Å². The van der Waals surface area contributed by atoms with E-state index >= 15 is 0 Å². The maximum absolute atomic E-state index is 11.4. The van der Waals surface area contributed by atoms with E-state index in [0.29, 0.717) is 26.2 Å². The Hall–Kier alpha value is -1.00. The zero-order chi connectivity index (χ0) is 16.4. The second-order valence-electron chi connectivity index (χ2n) is 5.44. The SMILES string of the molecule is CS(=O)(=O)N1CCN(CCc2ccc(S(N)(=O)=O)cc2)CC1. The van der Waals surface area contributed by atoms with Gasteiger partial charge in [0.05, 0.1) is 11.2 Å². The van der Waals surface area contributed by atoms with Crippen LogP contribution in [-0.2, 0) is 26.5 Å². The molecular formula is C13H21N3O4S2. The van der Waals surface area contributed by atoms with Crippen LogP contribution in [0.5, 0.6) is 0 Å². The molecule has 0 bridgehead atoms. The molecule has 1 aliphatic heterocycles. The highest BCUT2D eigenvalue weighted by Crippen LogP contribution is 2.11. The van der Waals surface area contributed by atoms with Gasteiger partial charge in [0.2, 0.25) is 20.0 Å². The lowest BCUT2D eigenvalue weighted by atomic mass is 10.1. The minimum Gasteiger partial charge on any atom is -0.300 e. The number of nitrogens with two attached hydrogens (primary N) is 1. The van der Waals surface area contributed by atoms with Gasteiger partial charge in [-0.15, -0.1) is 0 Å². The van der Waals surface area contributed by atoms with E-state index in [-0.39, 0.29) is 4.90 Å². The zero-order valence-electron chi connectivity index (χ0n) is 12.5. The summed E-state index contributed by atoms with van der Waals surface area (Å²) in [5.74, 6) is 0. The van der Waals surface area contributed by atoms with Crippen molar-refractivity contribution in [2.24, 2.45) is 5.14 Å². The molecule has 1 saturated heterocycles. The fourth-order valence-corrected chi connectivity index (χ4v) is 3.76. The molecule has 7 nitrogen and oxygen atoms in total. The van der Waals surface area contributed by atoms with Crippen LogP contribution in [0.1, 0.15) is 5.56 Å². The number of rotatable bonds is 5. The van der Waals surface area contributed by atoms with Crippen LogP contribution in [0.25, 0.3) is 0 Å². The van der Waals surface area contributed by atoms with Crippen LogP contribution in [0.3, 0.4) is 0 Å². The lowest BCUT2D eigenvalue weighted by Gasteiger charge is -2.33. The fourth-order valence-electron chi connectivity index (χ4n) is 2.42. The summed E-state index contributed by atoms with van der Waals surface area (Å²) in [6.45, 7) is 3.27. The summed E-state index contributed by atoms with van der Waals surface area (Å²) >= 11 is 0. The molecule has 1 heterocycles. The second-order valence-corrected chi connectivity index (χ2v) is 8.99. The molecule has 0 amide bonds. The molecule has 9 heteroatoms. The van der Waals surface area contributed by atoms with Gasteiger partial charge in [0.15, 0.2) is 0 Å². The Morgan fingerprint density at radius 1 is 1.00 bits per heavy atom. The molecule has 0 aliphatic carbocycles. The Labute approximate surface area is 131 Å². The van der Waals surface area contributed by atoms with Gasteiger partial charge in [0.25, 0.3) is 0 Å². The number of sulfonamides is 2. The third-order valence-corrected chi connectivity index (χ3v) is 6.00. The molecule has 0 aromatic heterocycles. The van der Waals surface area contributed by atoms with Crippen LogP contribution in [0, 0.1) is 0 Å². The maximum atomic E-state index is 11.4. The van der Waals surface area contributed by atoms with Crippen LogP contribution in [-0.4, -0.2) is 65.0 Å². The summed E-state index contributed by atoms with van der Waals surface area (Å²) in [4.78, 5) is 2.31. The van der Waals surface area contributed by atoms with Crippen molar-refractivity contribution in [3.05, 3.63) is 29.8 Å². The highest BCUT2D eigenvalue weighted by Gasteiger charge is 2.22. The Kier molecular flexibility index (Phi) is 5.23. The average Bonchev–Trinajstić information content (AvgIpc) is 2.44. The lowest BCUT2D eigenvalue weighted by molar-refractivity contribution is 0.191. The highest BCUT2D eigenvalue weighted by molar-refractivity contribution is 7.89. The first kappa shape index (κ1) is 17.4. The zero-order valence-corrected chi connectivity index (χ0v) is 14.1. The molecule has 1 aromatic rings. The summed E-state index contributed by atoms with van der Waals surface area (Å²) in [6.07, 6.45) is 2.01. The molecular weight excluding hydrogens is 326 g/mol. The average molecular weight is 347 g/mol. The van der Waals surface area contributed by atoms with Crippen molar-refractivity contribution in [2.75, 3.05) is 39.0 Å². The minimum atomic E-state index is -3.65. The van der Waals surface area contributed by atoms with Crippen molar-refractivity contribution in [3.63, 3.8) is 0 Å². The van der Waals surface area contributed by atoms with Crippen molar-refractivity contribution in [3.8, 4) is 0 Å². The molecule has 0 atom stereocenters. The normalized spacial score (nSPS) is 18.5. The van der Waals surface area contributed by atoms with Crippen molar-refractivity contribution < 1.29 is 16.8 Å². The molecule has 0 radical (unpaired) electrons. The summed E-state index contributed by atoms with van der Waals surface area (Å²) in [5, 5.41) is 5.06. The summed E-state index contributed by atoms with van der Waals surface area (Å²) in [6, 6.07) is 6.53. The predicted molar refractivity (Wildman–Crippen MR) is 84.4 cm³/mol. The van der Waals surface area contributed by atoms with E-state index in [4.69, 9.17) is 5.14 Å². The van der Waals surface area contributed by atoms with Crippen LogP contribution in [0.2, 0.25) is 0 Å². The standard InChI is InChI=1S/C13H21N3O4S2/c1-21(17,18)16-10-8-15(9-11-16)7-6-12-2-4-13(5-3-12)22(14,19)20/h2-5H,6-11H2,1H3,(H2,14,19,20). The Balaban J connectivity index is 1.85. The van der Waals surface area contributed by atoms with Gasteiger partial charge >= 0.3 is 0 Å². The first-order valence-electron chi connectivity index (χ1n) is 6.95. The van der Waals surface area contributed by atoms with Gasteiger partial charge in [-0.3, -0.25) is 0 Å². The lowest BCUT2D eigenvalue weighted by Crippen LogP contribution is -2.48. The van der Waals surface area contributed by atoms with Gasteiger partial charge in [-0.2, -0.15) is 4.31 Å². The molecule has 0 unspecified atom stereocenters. The number of hydrogen-bond donors (Lipinski definition) is 1. The van der Waals surface area contributed by atoms with Crippen LogP contribution in [0.4, 0.5) is 0 Å². The second kappa shape index (κ2) is 6.63. The molecule has 1 aliphatic rings. The van der Waals surface area contributed by atoms with Crippen molar-refractivity contribution in [1.29, 1.82) is 0 Å². The third kappa shape index (κ3) is 4.75. The molecule has 0 spiro atoms. The first-order valence-corrected chi connectivity index (χ1v) is 10.3. The highest BCUT2D eigenvalue weighted by atomic mass is 32.2. The fraction of sp³-hybridized carbons (Fsp3) is 0.538. The number of piperazine rings is 1. The van der Waals surface area contributed by atoms with E-state index in [1.165, 1.54) is 22.7 Å². The Bertz CT molecular complexity index is 706. The molecule has 2 rings (SSSR count). The molecule has 2 N–H and O–H groups in total. The molecule has 124 valence electrons. The van der Waals surface area contributed by atoms with Crippen molar-refractivity contribution in [1.82, 2.24) is 9.21 Å². The van der Waals surface area contributed by atoms with Crippen molar-refractivity contribution >= 4 is 20.0 Å². The summed E-state index contributed by atoms with van der Waals surface area (Å²) in [5.41, 5.74) is 1.03. The van der Waals surface area contributed by atoms with Crippen LogP contribution in [0.15, 0.2) is 29.2 Å². The van der Waals surface area contributed by atoms with Gasteiger partial charge in [-0.25, -0.2) is 22.0 Å². The summed E-state index contributed by atoms with van der Waals surface area (Å²) < 4.78 is 46.7. The number of primary sulfonamides is 1. The van der Waals surface area contributed by atoms with Gasteiger partial charge in [-0.05, 0) is 24.1 Å². The van der Waals surface area contributed by atoms with E-state index in [9.17, 15) is 16.8 Å². The smallest absolute Gasteiger partial charge is 0.238 e. The van der Waals surface area contributed by atoms with E-state index in [1.54, 1.807) is 12.1 Å². The predicted octanol–water partition coefficient (Wildman–Crippen LogP) is -0.546. The topological polar surface area (TPSA) is 101 Å². The van der Waals surface area contributed by atoms with E-state index in [2.05, 4.69) is 4.90 Å². The number of hydrogen-bond acceptors (Lipinski definition) is 5. The monoisotopic (exact) mass is 347 g/mol. The molecule has 22 heavy (non-hydrogen) atoms. The van der Waals surface area contributed by atoms with Gasteiger partial charge in [-0.1, -0.05) is 12.1 Å². The molecule has 1 fully saturated rings. The maximum Gasteiger partial charge on any atom is 0.238 e. The first-order chi connectivity index (χ1) is 10.2. The van der Waals surface area contributed by atoms with E-state index in [0.717, 1.165) is 18.5 Å². The van der Waals surface area contributed by atoms with Gasteiger partial charge in [0.1, 0.15) is 0 Å². The molecule has 0 saturated carbocycles. The van der Waals surface area contributed by atoms with Crippen molar-refractivity contribution in [2.45, 2.75) is 11.3 Å². The largest absolute Gasteiger partial charge is 0.300 e. The Morgan fingerprint density at radius 2 is 1.55 bits per heavy atom. The van der Waals surface area contributed by atoms with Gasteiger partial charge in [0, 0.05) is 32.7 Å². The van der Waals surface area contributed by atoms with Crippen LogP contribution < -0.4 is 5.14 Å². The summed E-state index contributed by atoms with van der Waals surface area (Å²) in [7, 11) is -6.75. The third-order valence-electron chi connectivity index (χ3n) is 3.77. The quantitative estimate of drug-likeness (QED) is 0.770.